The van der Waals surface area contributed by atoms with Crippen LogP contribution >= 0.6 is 0 Å². The van der Waals surface area contributed by atoms with Gasteiger partial charge in [-0.1, -0.05) is 13.3 Å². The fourth-order valence-electron chi connectivity index (χ4n) is 5.95. The van der Waals surface area contributed by atoms with Crippen LogP contribution in [-0.4, -0.2) is 76.5 Å². The highest BCUT2D eigenvalue weighted by Gasteiger charge is 2.42. The molecule has 0 atom stereocenters. The topological polar surface area (TPSA) is 55.9 Å². The first-order valence-electron chi connectivity index (χ1n) is 12.3. The van der Waals surface area contributed by atoms with Gasteiger partial charge in [-0.25, -0.2) is 4.79 Å². The molecular formula is C24H44N4O2. The van der Waals surface area contributed by atoms with Crippen LogP contribution in [0.4, 0.5) is 4.79 Å². The van der Waals surface area contributed by atoms with Gasteiger partial charge in [0.15, 0.2) is 0 Å². The van der Waals surface area contributed by atoms with Crippen molar-refractivity contribution in [3.8, 4) is 0 Å². The first-order valence-corrected chi connectivity index (χ1v) is 12.3. The van der Waals surface area contributed by atoms with Crippen LogP contribution in [0, 0.1) is 5.92 Å². The van der Waals surface area contributed by atoms with Gasteiger partial charge in [0.1, 0.15) is 0 Å². The van der Waals surface area contributed by atoms with Gasteiger partial charge in [-0.05, 0) is 72.6 Å². The van der Waals surface area contributed by atoms with Crippen LogP contribution in [0.1, 0.15) is 86.0 Å². The van der Waals surface area contributed by atoms with Crippen molar-refractivity contribution in [2.75, 3.05) is 32.7 Å². The van der Waals surface area contributed by atoms with E-state index in [1.807, 2.05) is 9.80 Å². The van der Waals surface area contributed by atoms with Crippen molar-refractivity contribution in [2.24, 2.45) is 5.92 Å². The molecule has 0 radical (unpaired) electrons. The van der Waals surface area contributed by atoms with Crippen molar-refractivity contribution in [1.82, 2.24) is 20.0 Å². The maximum Gasteiger partial charge on any atom is 0.319 e. The summed E-state index contributed by atoms with van der Waals surface area (Å²) in [5.41, 5.74) is 0.0609. The zero-order valence-electron chi connectivity index (χ0n) is 20.0. The number of nitrogens with one attached hydrogen (secondary N) is 1. The highest BCUT2D eigenvalue weighted by atomic mass is 16.2. The molecule has 0 unspecified atom stereocenters. The van der Waals surface area contributed by atoms with Crippen molar-refractivity contribution in [2.45, 2.75) is 103 Å². The second-order valence-electron chi connectivity index (χ2n) is 11.1. The molecule has 3 rings (SSSR count). The standard InChI is InChI=1S/C24H44N4O2/c1-6-7-14-28(20-17-23(2,3)25-24(4,5)18-20)21(29)19-10-15-27(16-11-19)22(30)26-12-8-9-13-26/h19-20,25H,6-18H2,1-5H3. The number of nitrogens with zero attached hydrogens (tertiary/aromatic N) is 3. The molecule has 0 aromatic carbocycles. The maximum atomic E-state index is 13.6. The minimum absolute atomic E-state index is 0.0304. The number of urea groups is 1. The van der Waals surface area contributed by atoms with Gasteiger partial charge in [-0.15, -0.1) is 0 Å². The molecule has 0 bridgehead atoms. The van der Waals surface area contributed by atoms with Gasteiger partial charge in [-0.2, -0.15) is 0 Å². The average molecular weight is 421 g/mol. The van der Waals surface area contributed by atoms with Gasteiger partial charge in [0.05, 0.1) is 0 Å². The Labute approximate surface area is 183 Å². The quantitative estimate of drug-likeness (QED) is 0.735. The normalized spacial score (nSPS) is 24.8. The SMILES string of the molecule is CCCCN(C(=O)C1CCN(C(=O)N2CCCC2)CC1)C1CC(C)(C)NC(C)(C)C1. The molecule has 3 fully saturated rings. The Morgan fingerprint density at radius 2 is 1.47 bits per heavy atom. The van der Waals surface area contributed by atoms with Gasteiger partial charge in [-0.3, -0.25) is 4.79 Å². The summed E-state index contributed by atoms with van der Waals surface area (Å²) in [6.07, 6.45) is 8.01. The molecule has 0 spiro atoms. The lowest BCUT2D eigenvalue weighted by Gasteiger charge is -2.50. The summed E-state index contributed by atoms with van der Waals surface area (Å²) in [7, 11) is 0. The zero-order chi connectivity index (χ0) is 21.9. The third kappa shape index (κ3) is 5.68. The number of piperidine rings is 2. The number of amides is 3. The van der Waals surface area contributed by atoms with Crippen LogP contribution in [0.25, 0.3) is 0 Å². The Morgan fingerprint density at radius 3 is 2.00 bits per heavy atom. The molecule has 0 aliphatic carbocycles. The molecule has 3 saturated heterocycles. The predicted octanol–water partition coefficient (Wildman–Crippen LogP) is 3.85. The van der Waals surface area contributed by atoms with E-state index in [9.17, 15) is 9.59 Å². The van der Waals surface area contributed by atoms with Crippen molar-refractivity contribution >= 4 is 11.9 Å². The summed E-state index contributed by atoms with van der Waals surface area (Å²) < 4.78 is 0. The minimum Gasteiger partial charge on any atom is -0.339 e. The van der Waals surface area contributed by atoms with Crippen molar-refractivity contribution in [3.63, 3.8) is 0 Å². The lowest BCUT2D eigenvalue weighted by molar-refractivity contribution is -0.141. The molecule has 0 aromatic heterocycles. The number of rotatable bonds is 5. The second-order valence-corrected chi connectivity index (χ2v) is 11.1. The first-order chi connectivity index (χ1) is 14.1. The Morgan fingerprint density at radius 1 is 0.933 bits per heavy atom. The van der Waals surface area contributed by atoms with E-state index in [1.165, 1.54) is 0 Å². The van der Waals surface area contributed by atoms with Crippen LogP contribution in [0.2, 0.25) is 0 Å². The Kier molecular flexibility index (Phi) is 7.36. The van der Waals surface area contributed by atoms with E-state index < -0.39 is 0 Å². The number of hydrogen-bond acceptors (Lipinski definition) is 3. The molecule has 3 aliphatic rings. The van der Waals surface area contributed by atoms with E-state index >= 15 is 0 Å². The van der Waals surface area contributed by atoms with Crippen LogP contribution < -0.4 is 5.32 Å². The molecule has 1 N–H and O–H groups in total. The number of carbonyl (C=O) groups excluding carboxylic acids is 2. The molecule has 6 nitrogen and oxygen atoms in total. The van der Waals surface area contributed by atoms with Crippen LogP contribution in [0.3, 0.4) is 0 Å². The molecule has 0 aromatic rings. The van der Waals surface area contributed by atoms with Crippen molar-refractivity contribution in [3.05, 3.63) is 0 Å². The number of carbonyl (C=O) groups is 2. The minimum atomic E-state index is 0.0304. The summed E-state index contributed by atoms with van der Waals surface area (Å²) in [5, 5.41) is 3.75. The molecule has 172 valence electrons. The van der Waals surface area contributed by atoms with Crippen LogP contribution in [0.15, 0.2) is 0 Å². The number of unbranched alkanes of at least 4 members (excludes halogenated alkanes) is 1. The van der Waals surface area contributed by atoms with E-state index in [4.69, 9.17) is 0 Å². The van der Waals surface area contributed by atoms with Crippen LogP contribution in [-0.2, 0) is 4.79 Å². The summed E-state index contributed by atoms with van der Waals surface area (Å²) in [6, 6.07) is 0.475. The summed E-state index contributed by atoms with van der Waals surface area (Å²) in [5.74, 6) is 0.390. The smallest absolute Gasteiger partial charge is 0.319 e. The number of likely N-dealkylation sites (tertiary alicyclic amines) is 2. The van der Waals surface area contributed by atoms with Gasteiger partial charge in [0.25, 0.3) is 0 Å². The van der Waals surface area contributed by atoms with E-state index in [2.05, 4.69) is 44.8 Å². The maximum absolute atomic E-state index is 13.6. The predicted molar refractivity (Wildman–Crippen MR) is 121 cm³/mol. The molecule has 6 heteroatoms. The molecule has 3 aliphatic heterocycles. The highest BCUT2D eigenvalue weighted by Crippen LogP contribution is 2.33. The first kappa shape index (κ1) is 23.4. The Hall–Kier alpha value is -1.30. The van der Waals surface area contributed by atoms with Gasteiger partial charge < -0.3 is 20.0 Å². The molecule has 30 heavy (non-hydrogen) atoms. The Bertz CT molecular complexity index is 588. The third-order valence-corrected chi connectivity index (χ3v) is 7.14. The van der Waals surface area contributed by atoms with Gasteiger partial charge in [0, 0.05) is 55.8 Å². The van der Waals surface area contributed by atoms with E-state index in [1.54, 1.807) is 0 Å². The Balaban J connectivity index is 1.63. The monoisotopic (exact) mass is 420 g/mol. The molecule has 3 amide bonds. The fraction of sp³-hybridized carbons (Fsp3) is 0.917. The van der Waals surface area contributed by atoms with Gasteiger partial charge >= 0.3 is 6.03 Å². The lowest BCUT2D eigenvalue weighted by Crippen LogP contribution is -2.63. The summed E-state index contributed by atoms with van der Waals surface area (Å²) in [6.45, 7) is 15.3. The zero-order valence-corrected chi connectivity index (χ0v) is 20.0. The average Bonchev–Trinajstić information content (AvgIpc) is 3.20. The molecule has 0 saturated carbocycles. The fourth-order valence-corrected chi connectivity index (χ4v) is 5.95. The molecular weight excluding hydrogens is 376 g/mol. The van der Waals surface area contributed by atoms with Crippen molar-refractivity contribution in [1.29, 1.82) is 0 Å². The second kappa shape index (κ2) is 9.46. The summed E-state index contributed by atoms with van der Waals surface area (Å²) in [4.78, 5) is 32.5. The molecule has 3 heterocycles. The van der Waals surface area contributed by atoms with E-state index in [0.29, 0.717) is 11.9 Å². The summed E-state index contributed by atoms with van der Waals surface area (Å²) >= 11 is 0. The van der Waals surface area contributed by atoms with Crippen molar-refractivity contribution < 1.29 is 9.59 Å². The van der Waals surface area contributed by atoms with E-state index in [-0.39, 0.29) is 23.0 Å². The number of hydrogen-bond donors (Lipinski definition) is 1. The lowest BCUT2D eigenvalue weighted by atomic mass is 9.78. The third-order valence-electron chi connectivity index (χ3n) is 7.14. The largest absolute Gasteiger partial charge is 0.339 e. The van der Waals surface area contributed by atoms with Crippen LogP contribution in [0.5, 0.6) is 0 Å². The highest BCUT2D eigenvalue weighted by molar-refractivity contribution is 5.80. The van der Waals surface area contributed by atoms with Gasteiger partial charge in [0.2, 0.25) is 5.91 Å². The van der Waals surface area contributed by atoms with E-state index in [0.717, 1.165) is 84.1 Å².